The number of nitrogens with one attached hydrogen (secondary N) is 2. The van der Waals surface area contributed by atoms with Crippen molar-refractivity contribution in [1.29, 1.82) is 0 Å². The first kappa shape index (κ1) is 19.5. The lowest BCUT2D eigenvalue weighted by molar-refractivity contribution is -0.153. The van der Waals surface area contributed by atoms with Crippen molar-refractivity contribution >= 4 is 24.0 Å². The molecule has 2 rings (SSSR count). The quantitative estimate of drug-likeness (QED) is 0.809. The van der Waals surface area contributed by atoms with Gasteiger partial charge >= 0.3 is 6.18 Å². The fourth-order valence-corrected chi connectivity index (χ4v) is 1.83. The van der Waals surface area contributed by atoms with Crippen LogP contribution >= 0.6 is 12.4 Å². The van der Waals surface area contributed by atoms with Crippen molar-refractivity contribution in [2.24, 2.45) is 0 Å². The standard InChI is InChI=1S/C13H14F4N2O3.ClH/c14-8-1-2-10(22-7-13(15,16)17)9(5-8)19-12(20)11-6-18-3-4-21-11;/h1-2,5,11,18H,3-4,6-7H2,(H,19,20);1H. The molecule has 1 saturated heterocycles. The van der Waals surface area contributed by atoms with Crippen molar-refractivity contribution in [3.8, 4) is 5.75 Å². The minimum absolute atomic E-state index is 0. The summed E-state index contributed by atoms with van der Waals surface area (Å²) in [4.78, 5) is 12.0. The monoisotopic (exact) mass is 358 g/mol. The molecule has 1 aliphatic rings. The predicted octanol–water partition coefficient (Wildman–Crippen LogP) is 2.12. The Bertz CT molecular complexity index is 536. The second-order valence-electron chi connectivity index (χ2n) is 4.60. The molecule has 1 aromatic carbocycles. The first-order chi connectivity index (χ1) is 10.3. The fourth-order valence-electron chi connectivity index (χ4n) is 1.83. The Balaban J connectivity index is 0.00000264. The highest BCUT2D eigenvalue weighted by Crippen LogP contribution is 2.27. The number of hydrogen-bond donors (Lipinski definition) is 2. The number of carbonyl (C=O) groups excluding carboxylic acids is 1. The first-order valence-corrected chi connectivity index (χ1v) is 6.47. The van der Waals surface area contributed by atoms with E-state index in [1.165, 1.54) is 0 Å². The molecule has 10 heteroatoms. The molecule has 130 valence electrons. The predicted molar refractivity (Wildman–Crippen MR) is 76.4 cm³/mol. The Kier molecular flexibility index (Phi) is 7.04. The van der Waals surface area contributed by atoms with Crippen molar-refractivity contribution in [3.63, 3.8) is 0 Å². The normalized spacial score (nSPS) is 18.0. The number of anilines is 1. The van der Waals surface area contributed by atoms with Crippen LogP contribution in [0.25, 0.3) is 0 Å². The van der Waals surface area contributed by atoms with Gasteiger partial charge in [-0.05, 0) is 12.1 Å². The van der Waals surface area contributed by atoms with Crippen LogP contribution in [0.5, 0.6) is 5.75 Å². The molecule has 0 radical (unpaired) electrons. The number of morpholine rings is 1. The zero-order chi connectivity index (χ0) is 16.2. The molecular weight excluding hydrogens is 344 g/mol. The Labute approximate surface area is 135 Å². The molecule has 1 unspecified atom stereocenters. The highest BCUT2D eigenvalue weighted by atomic mass is 35.5. The first-order valence-electron chi connectivity index (χ1n) is 6.47. The van der Waals surface area contributed by atoms with Crippen LogP contribution in [0, 0.1) is 5.82 Å². The van der Waals surface area contributed by atoms with Crippen molar-refractivity contribution in [3.05, 3.63) is 24.0 Å². The third kappa shape index (κ3) is 6.20. The van der Waals surface area contributed by atoms with E-state index in [4.69, 9.17) is 4.74 Å². The lowest BCUT2D eigenvalue weighted by Gasteiger charge is -2.23. The molecule has 1 amide bonds. The van der Waals surface area contributed by atoms with E-state index in [2.05, 4.69) is 15.4 Å². The lowest BCUT2D eigenvalue weighted by Crippen LogP contribution is -2.45. The molecule has 0 spiro atoms. The van der Waals surface area contributed by atoms with Gasteiger partial charge in [-0.3, -0.25) is 4.79 Å². The van der Waals surface area contributed by atoms with E-state index in [9.17, 15) is 22.4 Å². The minimum Gasteiger partial charge on any atom is -0.482 e. The maximum Gasteiger partial charge on any atom is 0.422 e. The highest BCUT2D eigenvalue weighted by Gasteiger charge is 2.29. The van der Waals surface area contributed by atoms with Gasteiger partial charge < -0.3 is 20.1 Å². The summed E-state index contributed by atoms with van der Waals surface area (Å²) in [7, 11) is 0. The van der Waals surface area contributed by atoms with E-state index < -0.39 is 30.6 Å². The summed E-state index contributed by atoms with van der Waals surface area (Å²) in [5, 5.41) is 5.25. The topological polar surface area (TPSA) is 59.6 Å². The maximum absolute atomic E-state index is 13.2. The second kappa shape index (κ2) is 8.32. The molecule has 0 aromatic heterocycles. The number of benzene rings is 1. The van der Waals surface area contributed by atoms with Gasteiger partial charge in [-0.15, -0.1) is 12.4 Å². The SMILES string of the molecule is Cl.O=C(Nc1cc(F)ccc1OCC(F)(F)F)C1CNCCO1. The largest absolute Gasteiger partial charge is 0.482 e. The minimum atomic E-state index is -4.54. The van der Waals surface area contributed by atoms with Crippen LogP contribution in [0.1, 0.15) is 0 Å². The van der Waals surface area contributed by atoms with Gasteiger partial charge in [-0.25, -0.2) is 4.39 Å². The molecule has 1 atom stereocenters. The van der Waals surface area contributed by atoms with Gasteiger partial charge in [0.25, 0.3) is 5.91 Å². The Hall–Kier alpha value is -1.58. The van der Waals surface area contributed by atoms with Crippen LogP contribution < -0.4 is 15.4 Å². The van der Waals surface area contributed by atoms with E-state index in [0.717, 1.165) is 18.2 Å². The van der Waals surface area contributed by atoms with E-state index in [1.807, 2.05) is 0 Å². The van der Waals surface area contributed by atoms with Gasteiger partial charge in [0.2, 0.25) is 0 Å². The summed E-state index contributed by atoms with van der Waals surface area (Å²) in [5.41, 5.74) is -0.177. The number of ether oxygens (including phenoxy) is 2. The summed E-state index contributed by atoms with van der Waals surface area (Å²) in [6, 6.07) is 2.86. The van der Waals surface area contributed by atoms with Crippen molar-refractivity contribution in [2.75, 3.05) is 31.6 Å². The summed E-state index contributed by atoms with van der Waals surface area (Å²) >= 11 is 0. The van der Waals surface area contributed by atoms with Crippen LogP contribution in [0.3, 0.4) is 0 Å². The van der Waals surface area contributed by atoms with E-state index in [-0.39, 0.29) is 30.4 Å². The fraction of sp³-hybridized carbons (Fsp3) is 0.462. The third-order valence-electron chi connectivity index (χ3n) is 2.81. The molecule has 5 nitrogen and oxygen atoms in total. The van der Waals surface area contributed by atoms with Gasteiger partial charge in [-0.2, -0.15) is 13.2 Å². The molecule has 2 N–H and O–H groups in total. The number of halogens is 5. The van der Waals surface area contributed by atoms with E-state index in [1.54, 1.807) is 0 Å². The van der Waals surface area contributed by atoms with E-state index >= 15 is 0 Å². The summed E-state index contributed by atoms with van der Waals surface area (Å²) in [6.45, 7) is -0.342. The second-order valence-corrected chi connectivity index (χ2v) is 4.60. The molecule has 23 heavy (non-hydrogen) atoms. The van der Waals surface area contributed by atoms with Crippen molar-refractivity contribution in [1.82, 2.24) is 5.32 Å². The molecule has 0 bridgehead atoms. The number of carbonyl (C=O) groups is 1. The Morgan fingerprint density at radius 2 is 2.17 bits per heavy atom. The zero-order valence-corrected chi connectivity index (χ0v) is 12.6. The van der Waals surface area contributed by atoms with Crippen molar-refractivity contribution < 1.29 is 31.8 Å². The van der Waals surface area contributed by atoms with Crippen LogP contribution in [0.4, 0.5) is 23.2 Å². The lowest BCUT2D eigenvalue weighted by atomic mass is 10.2. The Morgan fingerprint density at radius 3 is 2.78 bits per heavy atom. The average molecular weight is 359 g/mol. The van der Waals surface area contributed by atoms with Gasteiger partial charge in [0.05, 0.1) is 12.3 Å². The van der Waals surface area contributed by atoms with Gasteiger partial charge in [0.15, 0.2) is 6.61 Å². The van der Waals surface area contributed by atoms with Crippen LogP contribution in [-0.2, 0) is 9.53 Å². The third-order valence-corrected chi connectivity index (χ3v) is 2.81. The number of hydrogen-bond acceptors (Lipinski definition) is 4. The van der Waals surface area contributed by atoms with Crippen LogP contribution in [0.15, 0.2) is 18.2 Å². The van der Waals surface area contributed by atoms with E-state index in [0.29, 0.717) is 13.2 Å². The van der Waals surface area contributed by atoms with Crippen LogP contribution in [-0.4, -0.2) is 44.5 Å². The van der Waals surface area contributed by atoms with Crippen LogP contribution in [0.2, 0.25) is 0 Å². The molecule has 1 aliphatic heterocycles. The van der Waals surface area contributed by atoms with Gasteiger partial charge in [0, 0.05) is 19.2 Å². The van der Waals surface area contributed by atoms with Gasteiger partial charge in [0.1, 0.15) is 17.7 Å². The molecule has 0 saturated carbocycles. The maximum atomic E-state index is 13.2. The Morgan fingerprint density at radius 1 is 1.43 bits per heavy atom. The molecule has 0 aliphatic carbocycles. The molecule has 1 aromatic rings. The highest BCUT2D eigenvalue weighted by molar-refractivity contribution is 5.95. The number of amides is 1. The summed E-state index contributed by atoms with van der Waals surface area (Å²) in [5.74, 6) is -1.57. The molecular formula is C13H15ClF4N2O3. The zero-order valence-electron chi connectivity index (χ0n) is 11.8. The number of rotatable bonds is 4. The average Bonchev–Trinajstić information content (AvgIpc) is 2.46. The molecule has 1 fully saturated rings. The number of alkyl halides is 3. The smallest absolute Gasteiger partial charge is 0.422 e. The summed E-state index contributed by atoms with van der Waals surface area (Å²) < 4.78 is 59.6. The summed E-state index contributed by atoms with van der Waals surface area (Å²) in [6.07, 6.45) is -5.33. The van der Waals surface area contributed by atoms with Crippen molar-refractivity contribution in [2.45, 2.75) is 12.3 Å². The molecule has 1 heterocycles. The van der Waals surface area contributed by atoms with Gasteiger partial charge in [-0.1, -0.05) is 0 Å².